The van der Waals surface area contributed by atoms with Crippen molar-refractivity contribution in [2.45, 2.75) is 33.6 Å². The number of carbonyl (C=O) groups excluding carboxylic acids is 3. The van der Waals surface area contributed by atoms with Crippen molar-refractivity contribution in [3.63, 3.8) is 0 Å². The molecule has 3 aromatic rings. The molecule has 0 radical (unpaired) electrons. The number of nitrogens with one attached hydrogen (secondary N) is 1. The first kappa shape index (κ1) is 23.5. The molecule has 0 spiro atoms. The third-order valence-electron chi connectivity index (χ3n) is 5.52. The highest BCUT2D eigenvalue weighted by molar-refractivity contribution is 7.18. The second kappa shape index (κ2) is 9.68. The van der Waals surface area contributed by atoms with Gasteiger partial charge in [-0.15, -0.1) is 11.3 Å². The zero-order valence-corrected chi connectivity index (χ0v) is 20.1. The molecule has 0 unspecified atom stereocenters. The summed E-state index contributed by atoms with van der Waals surface area (Å²) in [5.74, 6) is -0.455. The Labute approximate surface area is 200 Å². The van der Waals surface area contributed by atoms with Gasteiger partial charge < -0.3 is 24.1 Å². The number of thiophene rings is 1. The second-order valence-electron chi connectivity index (χ2n) is 7.52. The van der Waals surface area contributed by atoms with E-state index < -0.39 is 17.8 Å². The number of hydrogen-bond acceptors (Lipinski definition) is 9. The Morgan fingerprint density at radius 3 is 2.56 bits per heavy atom. The normalized spacial score (nSPS) is 11.9. The SMILES string of the molecule is CCOC(=O)c1sc(NC(=O)c2noc3c2CCc2cc(OC)ccc2-3)c(C(=O)OCC)c1C. The van der Waals surface area contributed by atoms with Gasteiger partial charge in [-0.05, 0) is 62.9 Å². The Bertz CT molecular complexity index is 1270. The summed E-state index contributed by atoms with van der Waals surface area (Å²) >= 11 is 0.964. The van der Waals surface area contributed by atoms with E-state index in [0.29, 0.717) is 29.7 Å². The Morgan fingerprint density at radius 2 is 1.85 bits per heavy atom. The van der Waals surface area contributed by atoms with E-state index >= 15 is 0 Å². The number of benzene rings is 1. The first-order valence-corrected chi connectivity index (χ1v) is 11.7. The average molecular weight is 485 g/mol. The molecule has 0 atom stereocenters. The summed E-state index contributed by atoms with van der Waals surface area (Å²) in [4.78, 5) is 38.4. The van der Waals surface area contributed by atoms with Crippen LogP contribution in [0.15, 0.2) is 22.7 Å². The molecule has 0 aliphatic heterocycles. The lowest BCUT2D eigenvalue weighted by molar-refractivity contribution is 0.0527. The molecule has 178 valence electrons. The summed E-state index contributed by atoms with van der Waals surface area (Å²) in [7, 11) is 1.61. The van der Waals surface area contributed by atoms with Gasteiger partial charge >= 0.3 is 11.9 Å². The van der Waals surface area contributed by atoms with Crippen molar-refractivity contribution in [3.8, 4) is 17.1 Å². The molecule has 0 bridgehead atoms. The molecule has 1 aromatic carbocycles. The van der Waals surface area contributed by atoms with Crippen molar-refractivity contribution in [2.24, 2.45) is 0 Å². The fourth-order valence-electron chi connectivity index (χ4n) is 3.92. The van der Waals surface area contributed by atoms with E-state index in [1.54, 1.807) is 27.9 Å². The molecule has 0 saturated carbocycles. The lowest BCUT2D eigenvalue weighted by Crippen LogP contribution is -2.17. The maximum absolute atomic E-state index is 13.2. The van der Waals surface area contributed by atoms with Gasteiger partial charge in [-0.1, -0.05) is 5.16 Å². The highest BCUT2D eigenvalue weighted by atomic mass is 32.1. The number of methoxy groups -OCH3 is 1. The molecule has 2 heterocycles. The van der Waals surface area contributed by atoms with Gasteiger partial charge in [0.1, 0.15) is 15.6 Å². The first-order valence-electron chi connectivity index (χ1n) is 10.8. The third-order valence-corrected chi connectivity index (χ3v) is 6.71. The highest BCUT2D eigenvalue weighted by Crippen LogP contribution is 2.38. The van der Waals surface area contributed by atoms with Crippen molar-refractivity contribution >= 4 is 34.2 Å². The molecule has 1 aliphatic carbocycles. The van der Waals surface area contributed by atoms with Gasteiger partial charge in [0.05, 0.1) is 25.9 Å². The van der Waals surface area contributed by atoms with Crippen LogP contribution in [0, 0.1) is 6.92 Å². The van der Waals surface area contributed by atoms with Gasteiger partial charge in [-0.25, -0.2) is 9.59 Å². The second-order valence-corrected chi connectivity index (χ2v) is 8.54. The standard InChI is InChI=1S/C24H24N2O7S/c1-5-31-23(28)17-12(3)20(24(29)32-6-2)34-22(17)25-21(27)18-16-9-7-13-11-14(30-4)8-10-15(13)19(16)33-26-18/h8,10-11H,5-7,9H2,1-4H3,(H,25,27). The Kier molecular flexibility index (Phi) is 6.69. The number of carbonyl (C=O) groups is 3. The predicted molar refractivity (Wildman–Crippen MR) is 125 cm³/mol. The molecular formula is C24H24N2O7S. The average Bonchev–Trinajstić information content (AvgIpc) is 3.40. The van der Waals surface area contributed by atoms with Crippen molar-refractivity contribution < 1.29 is 33.1 Å². The maximum atomic E-state index is 13.2. The summed E-state index contributed by atoms with van der Waals surface area (Å²) in [5, 5.41) is 6.95. The quantitative estimate of drug-likeness (QED) is 0.490. The number of hydrogen-bond donors (Lipinski definition) is 1. The summed E-state index contributed by atoms with van der Waals surface area (Å²) in [6.45, 7) is 5.33. The molecule has 1 amide bonds. The molecule has 10 heteroatoms. The van der Waals surface area contributed by atoms with Crippen molar-refractivity contribution in [2.75, 3.05) is 25.6 Å². The summed E-state index contributed by atoms with van der Waals surface area (Å²) in [6.07, 6.45) is 1.25. The number of nitrogens with zero attached hydrogens (tertiary/aromatic N) is 1. The number of anilines is 1. The van der Waals surface area contributed by atoms with Crippen LogP contribution in [0.4, 0.5) is 5.00 Å². The van der Waals surface area contributed by atoms with Crippen molar-refractivity contribution in [1.29, 1.82) is 0 Å². The molecule has 34 heavy (non-hydrogen) atoms. The maximum Gasteiger partial charge on any atom is 0.348 e. The van der Waals surface area contributed by atoms with Gasteiger partial charge in [0, 0.05) is 11.1 Å². The minimum absolute atomic E-state index is 0.123. The number of rotatable bonds is 7. The fourth-order valence-corrected chi connectivity index (χ4v) is 5.00. The molecule has 1 N–H and O–H groups in total. The van der Waals surface area contributed by atoms with Crippen LogP contribution in [0.2, 0.25) is 0 Å². The Morgan fingerprint density at radius 1 is 1.12 bits per heavy atom. The number of fused-ring (bicyclic) bond motifs is 3. The summed E-state index contributed by atoms with van der Waals surface area (Å²) in [5.41, 5.74) is 3.24. The summed E-state index contributed by atoms with van der Waals surface area (Å²) in [6, 6.07) is 5.65. The number of amides is 1. The van der Waals surface area contributed by atoms with Crippen molar-refractivity contribution in [1.82, 2.24) is 5.16 Å². The third kappa shape index (κ3) is 4.16. The summed E-state index contributed by atoms with van der Waals surface area (Å²) < 4.78 is 21.1. The molecule has 0 saturated heterocycles. The number of aromatic nitrogens is 1. The van der Waals surface area contributed by atoms with E-state index in [1.165, 1.54) is 0 Å². The van der Waals surface area contributed by atoms with E-state index in [1.807, 2.05) is 18.2 Å². The van der Waals surface area contributed by atoms with Gasteiger partial charge in [0.2, 0.25) is 0 Å². The lowest BCUT2D eigenvalue weighted by atomic mass is 9.89. The van der Waals surface area contributed by atoms with Crippen LogP contribution in [0.25, 0.3) is 11.3 Å². The number of esters is 2. The van der Waals surface area contributed by atoms with Crippen molar-refractivity contribution in [3.05, 3.63) is 51.0 Å². The highest BCUT2D eigenvalue weighted by Gasteiger charge is 2.31. The largest absolute Gasteiger partial charge is 0.497 e. The topological polar surface area (TPSA) is 117 Å². The molecule has 0 fully saturated rings. The van der Waals surface area contributed by atoms with Crippen LogP contribution in [-0.2, 0) is 22.3 Å². The number of aryl methyl sites for hydroxylation is 1. The minimum Gasteiger partial charge on any atom is -0.497 e. The van der Waals surface area contributed by atoms with E-state index in [0.717, 1.165) is 28.2 Å². The Hall–Kier alpha value is -3.66. The van der Waals surface area contributed by atoms with Crippen LogP contribution < -0.4 is 10.1 Å². The van der Waals surface area contributed by atoms with E-state index in [4.69, 9.17) is 18.7 Å². The molecule has 4 rings (SSSR count). The van der Waals surface area contributed by atoms with Crippen LogP contribution in [0.1, 0.15) is 61.1 Å². The van der Waals surface area contributed by atoms with E-state index in [2.05, 4.69) is 10.5 Å². The van der Waals surface area contributed by atoms with Gasteiger partial charge in [-0.3, -0.25) is 4.79 Å². The monoisotopic (exact) mass is 484 g/mol. The smallest absolute Gasteiger partial charge is 0.348 e. The molecule has 2 aromatic heterocycles. The predicted octanol–water partition coefficient (Wildman–Crippen LogP) is 4.42. The first-order chi connectivity index (χ1) is 16.4. The van der Waals surface area contributed by atoms with Gasteiger partial charge in [-0.2, -0.15) is 0 Å². The molecule has 9 nitrogen and oxygen atoms in total. The fraction of sp³-hybridized carbons (Fsp3) is 0.333. The lowest BCUT2D eigenvalue weighted by Gasteiger charge is -2.15. The minimum atomic E-state index is -0.632. The number of ether oxygens (including phenoxy) is 3. The Balaban J connectivity index is 1.67. The molecule has 1 aliphatic rings. The van der Waals surface area contributed by atoms with E-state index in [9.17, 15) is 14.4 Å². The zero-order valence-electron chi connectivity index (χ0n) is 19.3. The van der Waals surface area contributed by atoms with Crippen LogP contribution in [0.3, 0.4) is 0 Å². The van der Waals surface area contributed by atoms with Gasteiger partial charge in [0.15, 0.2) is 11.5 Å². The van der Waals surface area contributed by atoms with E-state index in [-0.39, 0.29) is 34.3 Å². The van der Waals surface area contributed by atoms with Gasteiger partial charge in [0.25, 0.3) is 5.91 Å². The molecular weight excluding hydrogens is 460 g/mol. The van der Waals surface area contributed by atoms with Crippen LogP contribution in [-0.4, -0.2) is 43.3 Å². The zero-order chi connectivity index (χ0) is 24.4. The van der Waals surface area contributed by atoms with Crippen LogP contribution >= 0.6 is 11.3 Å². The van der Waals surface area contributed by atoms with Crippen LogP contribution in [0.5, 0.6) is 5.75 Å².